The second-order valence-corrected chi connectivity index (χ2v) is 5.73. The third kappa shape index (κ3) is 3.19. The van der Waals surface area contributed by atoms with Gasteiger partial charge < -0.3 is 15.3 Å². The van der Waals surface area contributed by atoms with Gasteiger partial charge in [-0.1, -0.05) is 12.1 Å². The number of carbonyl (C=O) groups is 2. The summed E-state index contributed by atoms with van der Waals surface area (Å²) >= 11 is 3.41. The van der Waals surface area contributed by atoms with E-state index in [0.717, 1.165) is 10.2 Å². The molecule has 1 fully saturated rings. The van der Waals surface area contributed by atoms with Crippen molar-refractivity contribution >= 4 is 33.4 Å². The summed E-state index contributed by atoms with van der Waals surface area (Å²) in [6, 6.07) is 7.44. The van der Waals surface area contributed by atoms with E-state index in [0.29, 0.717) is 13.0 Å². The Morgan fingerprint density at radius 3 is 2.90 bits per heavy atom. The lowest BCUT2D eigenvalue weighted by Crippen LogP contribution is -2.39. The van der Waals surface area contributed by atoms with Crippen molar-refractivity contribution in [1.29, 1.82) is 0 Å². The van der Waals surface area contributed by atoms with Gasteiger partial charge in [0.15, 0.2) is 0 Å². The number of rotatable bonds is 4. The normalized spacial score (nSPS) is 20.1. The largest absolute Gasteiger partial charge is 0.392 e. The third-order valence-corrected chi connectivity index (χ3v) is 3.91. The van der Waals surface area contributed by atoms with Gasteiger partial charge in [-0.15, -0.1) is 0 Å². The van der Waals surface area contributed by atoms with E-state index in [9.17, 15) is 9.59 Å². The van der Waals surface area contributed by atoms with Gasteiger partial charge in [0.05, 0.1) is 11.8 Å². The zero-order valence-corrected chi connectivity index (χ0v) is 12.8. The third-order valence-electron chi connectivity index (χ3n) is 3.24. The average Bonchev–Trinajstić information content (AvgIpc) is 2.78. The summed E-state index contributed by atoms with van der Waals surface area (Å²) in [7, 11) is 0. The second-order valence-electron chi connectivity index (χ2n) is 4.88. The second kappa shape index (κ2) is 6.37. The molecule has 2 rings (SSSR count). The summed E-state index contributed by atoms with van der Waals surface area (Å²) in [6.07, 6.45) is -0.124. The van der Waals surface area contributed by atoms with Gasteiger partial charge in [0, 0.05) is 17.6 Å². The Balaban J connectivity index is 2.06. The molecule has 0 aliphatic carbocycles. The van der Waals surface area contributed by atoms with Crippen molar-refractivity contribution in [3.05, 3.63) is 28.7 Å². The van der Waals surface area contributed by atoms with Crippen molar-refractivity contribution in [3.8, 4) is 0 Å². The first-order chi connectivity index (χ1) is 9.50. The van der Waals surface area contributed by atoms with Crippen molar-refractivity contribution in [2.75, 3.05) is 18.0 Å². The molecule has 0 aromatic heterocycles. The minimum atomic E-state index is -0.666. The molecule has 6 heteroatoms. The minimum Gasteiger partial charge on any atom is -0.392 e. The van der Waals surface area contributed by atoms with E-state index in [1.807, 2.05) is 24.3 Å². The highest BCUT2D eigenvalue weighted by atomic mass is 79.9. The molecule has 2 atom stereocenters. The van der Waals surface area contributed by atoms with Crippen molar-refractivity contribution < 1.29 is 14.7 Å². The van der Waals surface area contributed by atoms with Crippen LogP contribution < -0.4 is 10.2 Å². The molecule has 1 aliphatic rings. The molecule has 1 aromatic rings. The number of hydrogen-bond donors (Lipinski definition) is 2. The number of anilines is 1. The maximum atomic E-state index is 12.3. The van der Waals surface area contributed by atoms with Crippen LogP contribution >= 0.6 is 15.9 Å². The molecule has 20 heavy (non-hydrogen) atoms. The maximum absolute atomic E-state index is 12.3. The van der Waals surface area contributed by atoms with Gasteiger partial charge in [0.1, 0.15) is 5.92 Å². The first-order valence-electron chi connectivity index (χ1n) is 6.52. The van der Waals surface area contributed by atoms with E-state index in [2.05, 4.69) is 21.2 Å². The lowest BCUT2D eigenvalue weighted by molar-refractivity contribution is -0.132. The zero-order valence-electron chi connectivity index (χ0n) is 11.2. The highest BCUT2D eigenvalue weighted by molar-refractivity contribution is 9.10. The monoisotopic (exact) mass is 340 g/mol. The van der Waals surface area contributed by atoms with Gasteiger partial charge in [0.2, 0.25) is 11.8 Å². The Labute approximate surface area is 126 Å². The smallest absolute Gasteiger partial charge is 0.239 e. The molecule has 1 heterocycles. The molecule has 0 bridgehead atoms. The molecule has 5 nitrogen and oxygen atoms in total. The molecule has 0 radical (unpaired) electrons. The van der Waals surface area contributed by atoms with Crippen LogP contribution in [-0.4, -0.2) is 36.1 Å². The van der Waals surface area contributed by atoms with Crippen LogP contribution in [-0.2, 0) is 9.59 Å². The lowest BCUT2D eigenvalue weighted by atomic mass is 10.1. The summed E-state index contributed by atoms with van der Waals surface area (Å²) in [6.45, 7) is 2.27. The van der Waals surface area contributed by atoms with Crippen molar-refractivity contribution in [2.45, 2.75) is 19.4 Å². The topological polar surface area (TPSA) is 69.6 Å². The summed E-state index contributed by atoms with van der Waals surface area (Å²) in [4.78, 5) is 25.9. The summed E-state index contributed by atoms with van der Waals surface area (Å²) < 4.78 is 0.832. The molecule has 2 amide bonds. The molecular weight excluding hydrogens is 324 g/mol. The fraction of sp³-hybridized carbons (Fsp3) is 0.429. The number of carbonyl (C=O) groups excluding carboxylic acids is 2. The van der Waals surface area contributed by atoms with Gasteiger partial charge >= 0.3 is 0 Å². The number of aliphatic hydroxyl groups is 1. The van der Waals surface area contributed by atoms with E-state index in [-0.39, 0.29) is 18.4 Å². The number of aliphatic hydroxyl groups excluding tert-OH is 1. The van der Waals surface area contributed by atoms with Crippen LogP contribution in [0.1, 0.15) is 13.3 Å². The van der Waals surface area contributed by atoms with Gasteiger partial charge in [0.25, 0.3) is 0 Å². The average molecular weight is 341 g/mol. The van der Waals surface area contributed by atoms with Gasteiger partial charge in [-0.2, -0.15) is 0 Å². The minimum absolute atomic E-state index is 0.164. The molecule has 0 saturated carbocycles. The van der Waals surface area contributed by atoms with Crippen LogP contribution in [0.2, 0.25) is 0 Å². The lowest BCUT2D eigenvalue weighted by Gasteiger charge is -2.18. The fourth-order valence-corrected chi connectivity index (χ4v) is 2.70. The Kier molecular flexibility index (Phi) is 4.77. The number of benzene rings is 1. The van der Waals surface area contributed by atoms with E-state index >= 15 is 0 Å². The Morgan fingerprint density at radius 2 is 2.25 bits per heavy atom. The predicted molar refractivity (Wildman–Crippen MR) is 79.3 cm³/mol. The van der Waals surface area contributed by atoms with Crippen molar-refractivity contribution in [1.82, 2.24) is 5.32 Å². The molecule has 2 unspecified atom stereocenters. The van der Waals surface area contributed by atoms with Gasteiger partial charge in [-0.3, -0.25) is 9.59 Å². The number of nitrogens with one attached hydrogen (secondary N) is 1. The molecule has 1 aromatic carbocycles. The number of halogens is 1. The highest BCUT2D eigenvalue weighted by Crippen LogP contribution is 2.31. The van der Waals surface area contributed by atoms with Crippen LogP contribution in [0.5, 0.6) is 0 Å². The van der Waals surface area contributed by atoms with E-state index < -0.39 is 12.0 Å². The number of amides is 2. The standard InChI is InChI=1S/C14H17BrN2O3/c1-9(18)8-16-13(19)10-6-7-17(14(10)20)12-5-3-2-4-11(12)15/h2-5,9-10,18H,6-8H2,1H3,(H,16,19). The van der Waals surface area contributed by atoms with Crippen LogP contribution in [0, 0.1) is 5.92 Å². The molecule has 1 aliphatic heterocycles. The zero-order chi connectivity index (χ0) is 14.7. The number of hydrogen-bond acceptors (Lipinski definition) is 3. The SMILES string of the molecule is CC(O)CNC(=O)C1CCN(c2ccccc2Br)C1=O. The number of nitrogens with zero attached hydrogens (tertiary/aromatic N) is 1. The first kappa shape index (κ1) is 15.0. The molecule has 1 saturated heterocycles. The fourth-order valence-electron chi connectivity index (χ4n) is 2.20. The van der Waals surface area contributed by atoms with Crippen LogP contribution in [0.25, 0.3) is 0 Å². The van der Waals surface area contributed by atoms with Crippen LogP contribution in [0.4, 0.5) is 5.69 Å². The number of para-hydroxylation sites is 1. The summed E-state index contributed by atoms with van der Waals surface area (Å²) in [5, 5.41) is 11.8. The van der Waals surface area contributed by atoms with Crippen LogP contribution in [0.15, 0.2) is 28.7 Å². The highest BCUT2D eigenvalue weighted by Gasteiger charge is 2.38. The van der Waals surface area contributed by atoms with Crippen molar-refractivity contribution in [3.63, 3.8) is 0 Å². The first-order valence-corrected chi connectivity index (χ1v) is 7.31. The Hall–Kier alpha value is -1.40. The Morgan fingerprint density at radius 1 is 1.55 bits per heavy atom. The predicted octanol–water partition coefficient (Wildman–Crippen LogP) is 1.30. The van der Waals surface area contributed by atoms with E-state index in [4.69, 9.17) is 5.11 Å². The Bertz CT molecular complexity index is 519. The van der Waals surface area contributed by atoms with E-state index in [1.54, 1.807) is 11.8 Å². The summed E-state index contributed by atoms with van der Waals surface area (Å²) in [5.74, 6) is -1.17. The quantitative estimate of drug-likeness (QED) is 0.811. The van der Waals surface area contributed by atoms with Gasteiger partial charge in [-0.25, -0.2) is 0 Å². The molecule has 0 spiro atoms. The molecular formula is C14H17BrN2O3. The molecule has 2 N–H and O–H groups in total. The van der Waals surface area contributed by atoms with Crippen LogP contribution in [0.3, 0.4) is 0 Å². The van der Waals surface area contributed by atoms with Crippen molar-refractivity contribution in [2.24, 2.45) is 5.92 Å². The summed E-state index contributed by atoms with van der Waals surface area (Å²) in [5.41, 5.74) is 0.781. The maximum Gasteiger partial charge on any atom is 0.239 e. The van der Waals surface area contributed by atoms with Gasteiger partial charge in [-0.05, 0) is 41.4 Å². The molecule has 108 valence electrons. The van der Waals surface area contributed by atoms with E-state index in [1.165, 1.54) is 0 Å².